The van der Waals surface area contributed by atoms with Crippen molar-refractivity contribution in [2.75, 3.05) is 13.7 Å². The Balaban J connectivity index is 1.79. The summed E-state index contributed by atoms with van der Waals surface area (Å²) in [4.78, 5) is 13.7. The maximum Gasteiger partial charge on any atom is 0.264 e. The molecule has 4 nitrogen and oxygen atoms in total. The molecule has 0 saturated carbocycles. The number of nitrogens with one attached hydrogen (secondary N) is 1. The normalized spacial score (nSPS) is 10.0. The van der Waals surface area contributed by atoms with E-state index in [1.165, 1.54) is 0 Å². The molecule has 0 fully saturated rings. The lowest BCUT2D eigenvalue weighted by atomic mass is 10.2. The zero-order valence-electron chi connectivity index (χ0n) is 13.3. The van der Waals surface area contributed by atoms with Gasteiger partial charge in [-0.25, -0.2) is 0 Å². The van der Waals surface area contributed by atoms with Gasteiger partial charge in [0.1, 0.15) is 5.75 Å². The summed E-state index contributed by atoms with van der Waals surface area (Å²) in [6.07, 6.45) is 0. The van der Waals surface area contributed by atoms with E-state index in [0.717, 1.165) is 11.1 Å². The van der Waals surface area contributed by atoms with Gasteiger partial charge in [0.15, 0.2) is 11.7 Å². The minimum absolute atomic E-state index is 0.0667. The Kier molecular flexibility index (Phi) is 6.11. The van der Waals surface area contributed by atoms with Gasteiger partial charge in [-0.2, -0.15) is 0 Å². The van der Waals surface area contributed by atoms with Gasteiger partial charge >= 0.3 is 0 Å². The molecular formula is C18H20N2O2S. The van der Waals surface area contributed by atoms with Gasteiger partial charge in [-0.05, 0) is 42.4 Å². The highest BCUT2D eigenvalue weighted by Crippen LogP contribution is 2.11. The predicted molar refractivity (Wildman–Crippen MR) is 95.3 cm³/mol. The molecular weight excluding hydrogens is 308 g/mol. The van der Waals surface area contributed by atoms with Crippen molar-refractivity contribution < 1.29 is 9.53 Å². The van der Waals surface area contributed by atoms with Crippen LogP contribution in [-0.2, 0) is 11.3 Å². The van der Waals surface area contributed by atoms with E-state index in [-0.39, 0.29) is 12.5 Å². The third kappa shape index (κ3) is 5.71. The minimum Gasteiger partial charge on any atom is -0.484 e. The van der Waals surface area contributed by atoms with Gasteiger partial charge in [-0.3, -0.25) is 4.79 Å². The van der Waals surface area contributed by atoms with Crippen molar-refractivity contribution in [1.29, 1.82) is 0 Å². The van der Waals surface area contributed by atoms with Crippen molar-refractivity contribution >= 4 is 23.2 Å². The number of carbonyl (C=O) groups is 1. The zero-order chi connectivity index (χ0) is 16.7. The Hall–Kier alpha value is -2.40. The first kappa shape index (κ1) is 17.0. The Morgan fingerprint density at radius 2 is 1.91 bits per heavy atom. The van der Waals surface area contributed by atoms with Gasteiger partial charge in [0.05, 0.1) is 0 Å². The summed E-state index contributed by atoms with van der Waals surface area (Å²) in [6.45, 7) is 2.54. The van der Waals surface area contributed by atoms with Gasteiger partial charge in [-0.1, -0.05) is 42.5 Å². The predicted octanol–water partition coefficient (Wildman–Crippen LogP) is 2.91. The van der Waals surface area contributed by atoms with Crippen LogP contribution in [0, 0.1) is 6.92 Å². The summed E-state index contributed by atoms with van der Waals surface area (Å²) < 4.78 is 5.46. The highest BCUT2D eigenvalue weighted by Gasteiger charge is 2.10. The van der Waals surface area contributed by atoms with Crippen LogP contribution in [0.1, 0.15) is 11.1 Å². The van der Waals surface area contributed by atoms with E-state index in [0.29, 0.717) is 17.4 Å². The topological polar surface area (TPSA) is 41.6 Å². The first-order chi connectivity index (χ1) is 11.0. The highest BCUT2D eigenvalue weighted by molar-refractivity contribution is 7.80. The highest BCUT2D eigenvalue weighted by atomic mass is 32.1. The smallest absolute Gasteiger partial charge is 0.264 e. The van der Waals surface area contributed by atoms with Crippen LogP contribution in [-0.4, -0.2) is 29.6 Å². The van der Waals surface area contributed by atoms with Gasteiger partial charge in [0.25, 0.3) is 5.91 Å². The van der Waals surface area contributed by atoms with E-state index >= 15 is 0 Å². The quantitative estimate of drug-likeness (QED) is 0.857. The molecule has 2 rings (SSSR count). The van der Waals surface area contributed by atoms with Gasteiger partial charge in [0.2, 0.25) is 0 Å². The van der Waals surface area contributed by atoms with Crippen molar-refractivity contribution in [2.45, 2.75) is 13.5 Å². The van der Waals surface area contributed by atoms with Crippen LogP contribution in [0.3, 0.4) is 0 Å². The number of carbonyl (C=O) groups excluding carboxylic acids is 1. The standard InChI is InChI=1S/C18H20N2O2S/c1-14-7-6-10-16(11-14)22-13-17(21)19-18(23)20(2)12-15-8-4-3-5-9-15/h3-11H,12-13H2,1-2H3,(H,19,21,23). The zero-order valence-corrected chi connectivity index (χ0v) is 14.1. The van der Waals surface area contributed by atoms with Crippen LogP contribution in [0.25, 0.3) is 0 Å². The second-order valence-electron chi connectivity index (χ2n) is 5.30. The summed E-state index contributed by atoms with van der Waals surface area (Å²) in [5, 5.41) is 3.06. The Bertz CT molecular complexity index is 674. The minimum atomic E-state index is -0.267. The SMILES string of the molecule is Cc1cccc(OCC(=O)NC(=S)N(C)Cc2ccccc2)c1. The van der Waals surface area contributed by atoms with Crippen LogP contribution in [0.4, 0.5) is 0 Å². The second kappa shape index (κ2) is 8.29. The Labute approximate surface area is 142 Å². The van der Waals surface area contributed by atoms with E-state index < -0.39 is 0 Å². The molecule has 5 heteroatoms. The van der Waals surface area contributed by atoms with Crippen LogP contribution in [0.5, 0.6) is 5.75 Å². The molecule has 0 bridgehead atoms. The van der Waals surface area contributed by atoms with Crippen molar-refractivity contribution in [2.24, 2.45) is 0 Å². The van der Waals surface area contributed by atoms with Crippen LogP contribution >= 0.6 is 12.2 Å². The van der Waals surface area contributed by atoms with Crippen LogP contribution in [0.15, 0.2) is 54.6 Å². The van der Waals surface area contributed by atoms with Crippen LogP contribution in [0.2, 0.25) is 0 Å². The third-order valence-corrected chi connectivity index (χ3v) is 3.63. The molecule has 0 spiro atoms. The lowest BCUT2D eigenvalue weighted by Crippen LogP contribution is -2.42. The molecule has 0 aliphatic rings. The summed E-state index contributed by atoms with van der Waals surface area (Å²) in [5.74, 6) is 0.403. The lowest BCUT2D eigenvalue weighted by Gasteiger charge is -2.20. The fourth-order valence-electron chi connectivity index (χ4n) is 2.03. The Morgan fingerprint density at radius 1 is 1.17 bits per heavy atom. The molecule has 1 amide bonds. The molecule has 2 aromatic carbocycles. The van der Waals surface area contributed by atoms with Gasteiger partial charge in [0, 0.05) is 13.6 Å². The molecule has 0 radical (unpaired) electrons. The number of ether oxygens (including phenoxy) is 1. The van der Waals surface area contributed by atoms with E-state index in [1.54, 1.807) is 0 Å². The first-order valence-corrected chi connectivity index (χ1v) is 7.74. The average molecular weight is 328 g/mol. The van der Waals surface area contributed by atoms with E-state index in [4.69, 9.17) is 17.0 Å². The van der Waals surface area contributed by atoms with Crippen molar-refractivity contribution in [1.82, 2.24) is 10.2 Å². The fourth-order valence-corrected chi connectivity index (χ4v) is 2.21. The first-order valence-electron chi connectivity index (χ1n) is 7.33. The summed E-state index contributed by atoms with van der Waals surface area (Å²) >= 11 is 5.24. The maximum absolute atomic E-state index is 11.9. The largest absolute Gasteiger partial charge is 0.484 e. The average Bonchev–Trinajstić information content (AvgIpc) is 2.54. The van der Waals surface area contributed by atoms with Crippen molar-refractivity contribution in [3.05, 3.63) is 65.7 Å². The molecule has 1 N–H and O–H groups in total. The molecule has 23 heavy (non-hydrogen) atoms. The fraction of sp³-hybridized carbons (Fsp3) is 0.222. The molecule has 0 unspecified atom stereocenters. The molecule has 0 saturated heterocycles. The van der Waals surface area contributed by atoms with E-state index in [2.05, 4.69) is 5.32 Å². The number of nitrogens with zero attached hydrogens (tertiary/aromatic N) is 1. The van der Waals surface area contributed by atoms with E-state index in [9.17, 15) is 4.79 Å². The summed E-state index contributed by atoms with van der Waals surface area (Å²) in [6, 6.07) is 17.5. The number of hydrogen-bond acceptors (Lipinski definition) is 3. The molecule has 2 aromatic rings. The van der Waals surface area contributed by atoms with Crippen LogP contribution < -0.4 is 10.1 Å². The monoisotopic (exact) mass is 328 g/mol. The molecule has 0 aliphatic carbocycles. The maximum atomic E-state index is 11.9. The van der Waals surface area contributed by atoms with Gasteiger partial charge < -0.3 is 15.0 Å². The number of aryl methyl sites for hydroxylation is 1. The number of thiocarbonyl (C=S) groups is 1. The van der Waals surface area contributed by atoms with Gasteiger partial charge in [-0.15, -0.1) is 0 Å². The molecule has 120 valence electrons. The number of amides is 1. The van der Waals surface area contributed by atoms with Crippen molar-refractivity contribution in [3.63, 3.8) is 0 Å². The number of rotatable bonds is 5. The number of benzene rings is 2. The second-order valence-corrected chi connectivity index (χ2v) is 5.69. The third-order valence-electron chi connectivity index (χ3n) is 3.22. The molecule has 0 heterocycles. The Morgan fingerprint density at radius 3 is 2.61 bits per heavy atom. The molecule has 0 atom stereocenters. The summed E-state index contributed by atoms with van der Waals surface area (Å²) in [5.41, 5.74) is 2.21. The summed E-state index contributed by atoms with van der Waals surface area (Å²) in [7, 11) is 1.84. The van der Waals surface area contributed by atoms with Crippen molar-refractivity contribution in [3.8, 4) is 5.75 Å². The van der Waals surface area contributed by atoms with E-state index in [1.807, 2.05) is 73.5 Å². The molecule has 0 aliphatic heterocycles. The number of hydrogen-bond donors (Lipinski definition) is 1. The lowest BCUT2D eigenvalue weighted by molar-refractivity contribution is -0.121. The molecule has 0 aromatic heterocycles.